The molecule has 0 fully saturated rings. The first-order valence-electron chi connectivity index (χ1n) is 6.37. The molecular formula is C15H20N2O3. The minimum absolute atomic E-state index is 0.00655. The molecule has 0 atom stereocenters. The fourth-order valence-corrected chi connectivity index (χ4v) is 1.80. The number of ether oxygens (including phenoxy) is 1. The van der Waals surface area contributed by atoms with Gasteiger partial charge in [0.15, 0.2) is 6.61 Å². The zero-order chi connectivity index (χ0) is 15.2. The number of carbonyl (C=O) groups excluding carboxylic acids is 1. The van der Waals surface area contributed by atoms with Crippen LogP contribution in [0.5, 0.6) is 5.75 Å². The topological polar surface area (TPSA) is 73.6 Å². The van der Waals surface area contributed by atoms with Crippen LogP contribution in [0.25, 0.3) is 0 Å². The van der Waals surface area contributed by atoms with E-state index in [2.05, 4.69) is 0 Å². The van der Waals surface area contributed by atoms with E-state index in [9.17, 15) is 9.90 Å². The predicted molar refractivity (Wildman–Crippen MR) is 75.2 cm³/mol. The summed E-state index contributed by atoms with van der Waals surface area (Å²) in [4.78, 5) is 13.5. The van der Waals surface area contributed by atoms with Crippen molar-refractivity contribution < 1.29 is 14.6 Å². The van der Waals surface area contributed by atoms with E-state index in [1.165, 1.54) is 4.90 Å². The quantitative estimate of drug-likeness (QED) is 0.851. The minimum Gasteiger partial charge on any atom is -0.479 e. The summed E-state index contributed by atoms with van der Waals surface area (Å²) in [5.41, 5.74) is -0.0405. The van der Waals surface area contributed by atoms with E-state index in [1.807, 2.05) is 6.07 Å². The predicted octanol–water partition coefficient (Wildman–Crippen LogP) is 1.36. The Morgan fingerprint density at radius 1 is 1.40 bits per heavy atom. The second kappa shape index (κ2) is 6.92. The average molecular weight is 276 g/mol. The molecular weight excluding hydrogens is 256 g/mol. The summed E-state index contributed by atoms with van der Waals surface area (Å²) in [5.74, 6) is 0.547. The molecule has 108 valence electrons. The van der Waals surface area contributed by atoms with Gasteiger partial charge in [0.25, 0.3) is 0 Å². The van der Waals surface area contributed by atoms with Crippen LogP contribution in [0.1, 0.15) is 19.4 Å². The van der Waals surface area contributed by atoms with Crippen molar-refractivity contribution in [1.29, 1.82) is 5.26 Å². The highest BCUT2D eigenvalue weighted by Crippen LogP contribution is 2.13. The highest BCUT2D eigenvalue weighted by Gasteiger charge is 2.19. The van der Waals surface area contributed by atoms with E-state index in [0.717, 1.165) is 5.56 Å². The summed E-state index contributed by atoms with van der Waals surface area (Å²) in [6, 6.07) is 8.95. The fourth-order valence-electron chi connectivity index (χ4n) is 1.80. The number of nitriles is 1. The highest BCUT2D eigenvalue weighted by molar-refractivity contribution is 5.78. The maximum atomic E-state index is 12.0. The molecule has 0 heterocycles. The average Bonchev–Trinajstić information content (AvgIpc) is 2.36. The molecule has 1 rings (SSSR count). The second-order valence-electron chi connectivity index (χ2n) is 5.33. The Morgan fingerprint density at radius 3 is 2.50 bits per heavy atom. The third kappa shape index (κ3) is 5.72. The number of hydrogen-bond donors (Lipinski definition) is 1. The van der Waals surface area contributed by atoms with Gasteiger partial charge >= 0.3 is 0 Å². The van der Waals surface area contributed by atoms with Crippen LogP contribution in [0.3, 0.4) is 0 Å². The molecule has 0 aromatic heterocycles. The van der Waals surface area contributed by atoms with E-state index in [4.69, 9.17) is 10.00 Å². The summed E-state index contributed by atoms with van der Waals surface area (Å²) in [6.07, 6.45) is 0.269. The van der Waals surface area contributed by atoms with E-state index in [-0.39, 0.29) is 25.5 Å². The molecule has 5 heteroatoms. The zero-order valence-electron chi connectivity index (χ0n) is 12.1. The van der Waals surface area contributed by atoms with Crippen molar-refractivity contribution in [2.45, 2.75) is 25.9 Å². The van der Waals surface area contributed by atoms with Crippen LogP contribution in [0, 0.1) is 11.3 Å². The molecule has 1 N–H and O–H groups in total. The maximum Gasteiger partial charge on any atom is 0.226 e. The monoisotopic (exact) mass is 276 g/mol. The Bertz CT molecular complexity index is 483. The van der Waals surface area contributed by atoms with Crippen LogP contribution < -0.4 is 4.74 Å². The van der Waals surface area contributed by atoms with Crippen LogP contribution in [0.15, 0.2) is 24.3 Å². The first-order valence-corrected chi connectivity index (χ1v) is 6.37. The van der Waals surface area contributed by atoms with Crippen LogP contribution in [-0.4, -0.2) is 41.7 Å². The highest BCUT2D eigenvalue weighted by atomic mass is 16.5. The third-order valence-corrected chi connectivity index (χ3v) is 2.63. The van der Waals surface area contributed by atoms with Crippen molar-refractivity contribution in [3.8, 4) is 11.8 Å². The Kier molecular flexibility index (Phi) is 5.53. The lowest BCUT2D eigenvalue weighted by molar-refractivity contribution is -0.131. The molecule has 0 saturated carbocycles. The van der Waals surface area contributed by atoms with Crippen LogP contribution >= 0.6 is 0 Å². The zero-order valence-corrected chi connectivity index (χ0v) is 12.1. The summed E-state index contributed by atoms with van der Waals surface area (Å²) in [7, 11) is 1.67. The smallest absolute Gasteiger partial charge is 0.226 e. The van der Waals surface area contributed by atoms with Crippen LogP contribution in [0.2, 0.25) is 0 Å². The van der Waals surface area contributed by atoms with Gasteiger partial charge in [0.1, 0.15) is 11.8 Å². The van der Waals surface area contributed by atoms with Crippen molar-refractivity contribution in [2.24, 2.45) is 0 Å². The largest absolute Gasteiger partial charge is 0.479 e. The lowest BCUT2D eigenvalue weighted by Crippen LogP contribution is -2.40. The second-order valence-corrected chi connectivity index (χ2v) is 5.33. The van der Waals surface area contributed by atoms with Gasteiger partial charge in [-0.05, 0) is 31.5 Å². The van der Waals surface area contributed by atoms with Crippen molar-refractivity contribution >= 4 is 5.91 Å². The minimum atomic E-state index is -0.903. The number of amides is 1. The van der Waals surface area contributed by atoms with Gasteiger partial charge in [0.05, 0.1) is 12.0 Å². The van der Waals surface area contributed by atoms with Gasteiger partial charge < -0.3 is 14.7 Å². The van der Waals surface area contributed by atoms with Gasteiger partial charge in [0.2, 0.25) is 5.91 Å². The molecule has 0 radical (unpaired) electrons. The lowest BCUT2D eigenvalue weighted by Gasteiger charge is -2.25. The molecule has 0 unspecified atom stereocenters. The van der Waals surface area contributed by atoms with Crippen LogP contribution in [0.4, 0.5) is 0 Å². The molecule has 0 bridgehead atoms. The van der Waals surface area contributed by atoms with Gasteiger partial charge in [0, 0.05) is 13.6 Å². The van der Waals surface area contributed by atoms with Gasteiger partial charge in [-0.15, -0.1) is 0 Å². The van der Waals surface area contributed by atoms with E-state index in [1.54, 1.807) is 45.2 Å². The summed E-state index contributed by atoms with van der Waals surface area (Å²) in [5, 5.41) is 18.1. The molecule has 0 saturated heterocycles. The fraction of sp³-hybridized carbons (Fsp3) is 0.467. The molecule has 5 nitrogen and oxygen atoms in total. The first-order chi connectivity index (χ1) is 9.31. The lowest BCUT2D eigenvalue weighted by atomic mass is 10.1. The molecule has 20 heavy (non-hydrogen) atoms. The molecule has 0 aliphatic heterocycles. The Balaban J connectivity index is 2.56. The molecule has 1 aromatic carbocycles. The molecule has 0 aliphatic rings. The van der Waals surface area contributed by atoms with Crippen molar-refractivity contribution in [3.05, 3.63) is 29.8 Å². The number of nitrogens with zero attached hydrogens (tertiary/aromatic N) is 2. The van der Waals surface area contributed by atoms with Crippen molar-refractivity contribution in [2.75, 3.05) is 20.2 Å². The molecule has 1 aromatic rings. The Hall–Kier alpha value is -2.06. The number of aliphatic hydroxyl groups is 1. The molecule has 0 spiro atoms. The summed E-state index contributed by atoms with van der Waals surface area (Å²) < 4.78 is 5.14. The number of carbonyl (C=O) groups is 1. The van der Waals surface area contributed by atoms with Gasteiger partial charge in [-0.1, -0.05) is 12.1 Å². The van der Waals surface area contributed by atoms with E-state index in [0.29, 0.717) is 5.75 Å². The summed E-state index contributed by atoms with van der Waals surface area (Å²) >= 11 is 0. The molecule has 1 amide bonds. The number of likely N-dealkylation sites (N-methyl/N-ethyl adjacent to an activating group) is 1. The maximum absolute atomic E-state index is 12.0. The van der Waals surface area contributed by atoms with Gasteiger partial charge in [-0.25, -0.2) is 0 Å². The Labute approximate surface area is 119 Å². The summed E-state index contributed by atoms with van der Waals surface area (Å²) in [6.45, 7) is 3.62. The van der Waals surface area contributed by atoms with Crippen molar-refractivity contribution in [3.63, 3.8) is 0 Å². The van der Waals surface area contributed by atoms with E-state index >= 15 is 0 Å². The first kappa shape index (κ1) is 16.0. The SMILES string of the molecule is CN(CC(C)(C)O)C(=O)Cc1ccc(OCC#N)cc1. The standard InChI is InChI=1S/C15H20N2O3/c1-15(2,19)11-17(3)14(18)10-12-4-6-13(7-5-12)20-9-8-16/h4-7,19H,9-11H2,1-3H3. The number of hydrogen-bond acceptors (Lipinski definition) is 4. The van der Waals surface area contributed by atoms with Gasteiger partial charge in [-0.3, -0.25) is 4.79 Å². The van der Waals surface area contributed by atoms with Crippen molar-refractivity contribution in [1.82, 2.24) is 4.90 Å². The van der Waals surface area contributed by atoms with Crippen LogP contribution in [-0.2, 0) is 11.2 Å². The third-order valence-electron chi connectivity index (χ3n) is 2.63. The number of rotatable bonds is 6. The Morgan fingerprint density at radius 2 is 2.00 bits per heavy atom. The van der Waals surface area contributed by atoms with Gasteiger partial charge in [-0.2, -0.15) is 5.26 Å². The normalized spacial score (nSPS) is 10.8. The molecule has 0 aliphatic carbocycles. The van der Waals surface area contributed by atoms with E-state index < -0.39 is 5.60 Å². The number of benzene rings is 1.